The Labute approximate surface area is 188 Å². The van der Waals surface area contributed by atoms with Crippen LogP contribution in [0.3, 0.4) is 0 Å². The van der Waals surface area contributed by atoms with Crippen LogP contribution in [0.4, 0.5) is 23.7 Å². The molecule has 2 aromatic rings. The number of nitrogens with zero attached hydrogens (tertiary/aromatic N) is 1. The summed E-state index contributed by atoms with van der Waals surface area (Å²) in [6.45, 7) is -0.683. The number of halogens is 4. The third kappa shape index (κ3) is 5.17. The fourth-order valence-corrected chi connectivity index (χ4v) is 3.80. The maximum Gasteiger partial charge on any atom is 0.416 e. The number of carbonyl (C=O) groups excluding carboxylic acids is 3. The quantitative estimate of drug-likeness (QED) is 0.592. The molecule has 0 aliphatic carbocycles. The summed E-state index contributed by atoms with van der Waals surface area (Å²) in [4.78, 5) is 37.7. The lowest BCUT2D eigenvalue weighted by molar-refractivity contribution is -0.137. The molecule has 2 N–H and O–H groups in total. The number of benzene rings is 2. The first-order chi connectivity index (χ1) is 15.0. The molecule has 1 aliphatic heterocycles. The molecule has 0 aromatic heterocycles. The molecular weight excluding hydrogens is 473 g/mol. The summed E-state index contributed by atoms with van der Waals surface area (Å²) in [5, 5.41) is 11.3. The number of carbonyl (C=O) groups is 3. The SMILES string of the molecule is COc1cc(/C=C2\SC(=O)N(CC(=O)Nc3cccc(C(F)(F)F)c3)C2=O)cc(Cl)c1O. The minimum Gasteiger partial charge on any atom is -0.503 e. The number of ether oxygens (including phenoxy) is 1. The Morgan fingerprint density at radius 2 is 2.00 bits per heavy atom. The molecule has 0 spiro atoms. The van der Waals surface area contributed by atoms with Gasteiger partial charge in [-0.1, -0.05) is 17.7 Å². The molecule has 1 saturated heterocycles. The van der Waals surface area contributed by atoms with Crippen molar-refractivity contribution in [2.75, 3.05) is 19.0 Å². The zero-order valence-corrected chi connectivity index (χ0v) is 17.8. The third-order valence-electron chi connectivity index (χ3n) is 4.22. The van der Waals surface area contributed by atoms with Crippen LogP contribution < -0.4 is 10.1 Å². The van der Waals surface area contributed by atoms with Crippen molar-refractivity contribution in [3.05, 3.63) is 57.5 Å². The number of nitrogens with one attached hydrogen (secondary N) is 1. The first-order valence-corrected chi connectivity index (χ1v) is 9.98. The molecule has 1 aliphatic rings. The second-order valence-corrected chi connectivity index (χ2v) is 7.85. The van der Waals surface area contributed by atoms with Gasteiger partial charge in [-0.15, -0.1) is 0 Å². The van der Waals surface area contributed by atoms with Crippen molar-refractivity contribution in [1.82, 2.24) is 4.90 Å². The van der Waals surface area contributed by atoms with Crippen LogP contribution in [0.25, 0.3) is 6.08 Å². The van der Waals surface area contributed by atoms with Crippen LogP contribution in [-0.4, -0.2) is 40.7 Å². The fourth-order valence-electron chi connectivity index (χ4n) is 2.74. The number of rotatable bonds is 5. The molecule has 0 saturated carbocycles. The smallest absolute Gasteiger partial charge is 0.416 e. The number of aromatic hydroxyl groups is 1. The molecule has 1 fully saturated rings. The number of thioether (sulfide) groups is 1. The van der Waals surface area contributed by atoms with Crippen molar-refractivity contribution in [3.8, 4) is 11.5 Å². The Hall–Kier alpha value is -3.18. The van der Waals surface area contributed by atoms with Crippen LogP contribution >= 0.6 is 23.4 Å². The Kier molecular flexibility index (Phi) is 6.70. The van der Waals surface area contributed by atoms with Gasteiger partial charge in [0.25, 0.3) is 11.1 Å². The Balaban J connectivity index is 1.73. The molecule has 0 bridgehead atoms. The zero-order valence-electron chi connectivity index (χ0n) is 16.2. The van der Waals surface area contributed by atoms with Crippen molar-refractivity contribution < 1.29 is 37.4 Å². The summed E-state index contributed by atoms with van der Waals surface area (Å²) in [5.74, 6) is -1.83. The summed E-state index contributed by atoms with van der Waals surface area (Å²) < 4.78 is 43.4. The average molecular weight is 487 g/mol. The average Bonchev–Trinajstić information content (AvgIpc) is 2.97. The number of phenolic OH excluding ortho intramolecular Hbond substituents is 1. The van der Waals surface area contributed by atoms with Gasteiger partial charge in [-0.3, -0.25) is 19.3 Å². The monoisotopic (exact) mass is 486 g/mol. The van der Waals surface area contributed by atoms with Gasteiger partial charge in [0, 0.05) is 5.69 Å². The van der Waals surface area contributed by atoms with Crippen molar-refractivity contribution in [3.63, 3.8) is 0 Å². The van der Waals surface area contributed by atoms with Gasteiger partial charge in [-0.2, -0.15) is 13.2 Å². The summed E-state index contributed by atoms with van der Waals surface area (Å²) in [6, 6.07) is 6.72. The van der Waals surface area contributed by atoms with Crippen molar-refractivity contribution >= 4 is 52.2 Å². The molecule has 3 amide bonds. The highest BCUT2D eigenvalue weighted by atomic mass is 35.5. The summed E-state index contributed by atoms with van der Waals surface area (Å²) in [6.07, 6.45) is -3.25. The summed E-state index contributed by atoms with van der Waals surface area (Å²) >= 11 is 6.49. The first-order valence-electron chi connectivity index (χ1n) is 8.78. The number of imide groups is 1. The van der Waals surface area contributed by atoms with Crippen molar-refractivity contribution in [1.29, 1.82) is 0 Å². The van der Waals surface area contributed by atoms with E-state index in [2.05, 4.69) is 5.32 Å². The molecule has 0 atom stereocenters. The van der Waals surface area contributed by atoms with Gasteiger partial charge < -0.3 is 15.2 Å². The minimum atomic E-state index is -4.59. The highest BCUT2D eigenvalue weighted by Gasteiger charge is 2.36. The van der Waals surface area contributed by atoms with Gasteiger partial charge in [0.15, 0.2) is 11.5 Å². The van der Waals surface area contributed by atoms with Gasteiger partial charge in [-0.25, -0.2) is 0 Å². The molecule has 32 heavy (non-hydrogen) atoms. The van der Waals surface area contributed by atoms with E-state index in [0.29, 0.717) is 22.2 Å². The van der Waals surface area contributed by atoms with E-state index in [0.717, 1.165) is 18.2 Å². The Bertz CT molecular complexity index is 1140. The molecular formula is C20H14ClF3N2O5S. The zero-order chi connectivity index (χ0) is 23.6. The van der Waals surface area contributed by atoms with Crippen LogP contribution in [0.2, 0.25) is 5.02 Å². The number of alkyl halides is 3. The van der Waals surface area contributed by atoms with Gasteiger partial charge in [-0.05, 0) is 53.7 Å². The molecule has 3 rings (SSSR count). The summed E-state index contributed by atoms with van der Waals surface area (Å²) in [5.41, 5.74) is -0.714. The van der Waals surface area contributed by atoms with E-state index < -0.39 is 35.3 Å². The van der Waals surface area contributed by atoms with E-state index in [1.165, 1.54) is 31.4 Å². The molecule has 168 valence electrons. The first kappa shape index (κ1) is 23.5. The Morgan fingerprint density at radius 1 is 1.28 bits per heavy atom. The topological polar surface area (TPSA) is 95.9 Å². The number of phenols is 1. The lowest BCUT2D eigenvalue weighted by Crippen LogP contribution is -2.36. The van der Waals surface area contributed by atoms with Gasteiger partial charge >= 0.3 is 6.18 Å². The van der Waals surface area contributed by atoms with Gasteiger partial charge in [0.1, 0.15) is 6.54 Å². The predicted molar refractivity (Wildman–Crippen MR) is 112 cm³/mol. The summed E-state index contributed by atoms with van der Waals surface area (Å²) in [7, 11) is 1.31. The fraction of sp³-hybridized carbons (Fsp3) is 0.150. The molecule has 0 radical (unpaired) electrons. The lowest BCUT2D eigenvalue weighted by atomic mass is 10.2. The van der Waals surface area contributed by atoms with Gasteiger partial charge in [0.05, 0.1) is 22.6 Å². The van der Waals surface area contributed by atoms with Crippen LogP contribution in [0.15, 0.2) is 41.3 Å². The van der Waals surface area contributed by atoms with E-state index in [-0.39, 0.29) is 27.1 Å². The molecule has 7 nitrogen and oxygen atoms in total. The number of anilines is 1. The van der Waals surface area contributed by atoms with E-state index in [1.54, 1.807) is 0 Å². The maximum atomic E-state index is 12.8. The van der Waals surface area contributed by atoms with E-state index in [4.69, 9.17) is 16.3 Å². The number of methoxy groups -OCH3 is 1. The van der Waals surface area contributed by atoms with Crippen LogP contribution in [0, 0.1) is 0 Å². The number of amides is 3. The van der Waals surface area contributed by atoms with E-state index in [9.17, 15) is 32.7 Å². The van der Waals surface area contributed by atoms with Gasteiger partial charge in [0.2, 0.25) is 5.91 Å². The minimum absolute atomic E-state index is 0.00863. The molecule has 1 heterocycles. The second-order valence-electron chi connectivity index (χ2n) is 6.45. The third-order valence-corrected chi connectivity index (χ3v) is 5.41. The standard InChI is InChI=1S/C20H14ClF3N2O5S/c1-31-14-6-10(5-13(21)17(14)28)7-15-18(29)26(19(30)32-15)9-16(27)25-12-4-2-3-11(8-12)20(22,23)24/h2-8,28H,9H2,1H3,(H,25,27)/b15-7-. The number of hydrogen-bond donors (Lipinski definition) is 2. The van der Waals surface area contributed by atoms with Crippen molar-refractivity contribution in [2.24, 2.45) is 0 Å². The normalized spacial score (nSPS) is 15.4. The Morgan fingerprint density at radius 3 is 2.66 bits per heavy atom. The largest absolute Gasteiger partial charge is 0.503 e. The van der Waals surface area contributed by atoms with Crippen LogP contribution in [0.5, 0.6) is 11.5 Å². The highest BCUT2D eigenvalue weighted by molar-refractivity contribution is 8.18. The molecule has 0 unspecified atom stereocenters. The maximum absolute atomic E-state index is 12.8. The van der Waals surface area contributed by atoms with E-state index >= 15 is 0 Å². The second kappa shape index (κ2) is 9.13. The van der Waals surface area contributed by atoms with Crippen LogP contribution in [0.1, 0.15) is 11.1 Å². The highest BCUT2D eigenvalue weighted by Crippen LogP contribution is 2.38. The predicted octanol–water partition coefficient (Wildman–Crippen LogP) is 4.75. The number of hydrogen-bond acceptors (Lipinski definition) is 6. The lowest BCUT2D eigenvalue weighted by Gasteiger charge is -2.13. The van der Waals surface area contributed by atoms with Crippen LogP contribution in [-0.2, 0) is 15.8 Å². The molecule has 2 aromatic carbocycles. The van der Waals surface area contributed by atoms with Crippen molar-refractivity contribution in [2.45, 2.75) is 6.18 Å². The molecule has 12 heteroatoms. The van der Waals surface area contributed by atoms with E-state index in [1.807, 2.05) is 0 Å².